The van der Waals surface area contributed by atoms with Crippen LogP contribution in [-0.2, 0) is 9.59 Å². The smallest absolute Gasteiger partial charge is 0.328 e. The van der Waals surface area contributed by atoms with Gasteiger partial charge in [0.25, 0.3) is 5.91 Å². The second kappa shape index (κ2) is 11.0. The number of carbonyl (C=O) groups is 3. The number of ether oxygens (including phenoxy) is 2. The van der Waals surface area contributed by atoms with Gasteiger partial charge in [0.2, 0.25) is 5.91 Å². The van der Waals surface area contributed by atoms with Gasteiger partial charge >= 0.3 is 5.97 Å². The summed E-state index contributed by atoms with van der Waals surface area (Å²) in [6, 6.07) is 9.92. The van der Waals surface area contributed by atoms with Crippen molar-refractivity contribution in [3.8, 4) is 11.5 Å². The number of rotatable bonds is 9. The molecule has 3 N–H and O–H groups in total. The van der Waals surface area contributed by atoms with Crippen LogP contribution in [-0.4, -0.2) is 36.1 Å². The number of hydrogen-bond donors (Lipinski definition) is 3. The molecular weight excluding hydrogens is 456 g/mol. The molecule has 30 heavy (non-hydrogen) atoms. The number of hydrogen-bond acceptors (Lipinski definition) is 5. The van der Waals surface area contributed by atoms with Crippen LogP contribution in [0, 0.1) is 0 Å². The van der Waals surface area contributed by atoms with Crippen molar-refractivity contribution in [2.45, 2.75) is 13.8 Å². The zero-order valence-electron chi connectivity index (χ0n) is 16.4. The van der Waals surface area contributed by atoms with Crippen LogP contribution >= 0.6 is 15.9 Å². The van der Waals surface area contributed by atoms with E-state index in [1.807, 2.05) is 0 Å². The summed E-state index contributed by atoms with van der Waals surface area (Å²) in [7, 11) is 0. The first kappa shape index (κ1) is 23.0. The second-order valence-electron chi connectivity index (χ2n) is 5.83. The molecule has 8 nitrogen and oxygen atoms in total. The lowest BCUT2D eigenvalue weighted by Crippen LogP contribution is -2.15. The Bertz CT molecular complexity index is 957. The van der Waals surface area contributed by atoms with Crippen LogP contribution in [0.15, 0.2) is 53.0 Å². The molecule has 0 spiro atoms. The number of benzene rings is 2. The van der Waals surface area contributed by atoms with Gasteiger partial charge in [-0.3, -0.25) is 9.59 Å². The molecule has 0 saturated heterocycles. The molecule has 0 aliphatic heterocycles. The van der Waals surface area contributed by atoms with E-state index in [1.54, 1.807) is 44.2 Å². The molecule has 0 aliphatic carbocycles. The molecule has 158 valence electrons. The lowest BCUT2D eigenvalue weighted by atomic mass is 10.2. The molecule has 2 aromatic rings. The number of halogens is 1. The van der Waals surface area contributed by atoms with Gasteiger partial charge in [0.05, 0.1) is 24.6 Å². The quantitative estimate of drug-likeness (QED) is 0.469. The summed E-state index contributed by atoms with van der Waals surface area (Å²) >= 11 is 3.33. The summed E-state index contributed by atoms with van der Waals surface area (Å²) < 4.78 is 12.0. The van der Waals surface area contributed by atoms with Gasteiger partial charge < -0.3 is 25.2 Å². The average molecular weight is 477 g/mol. The zero-order chi connectivity index (χ0) is 22.1. The van der Waals surface area contributed by atoms with Crippen molar-refractivity contribution < 1.29 is 29.0 Å². The molecule has 0 unspecified atom stereocenters. The molecule has 0 aromatic heterocycles. The molecular formula is C21H21BrN2O6. The van der Waals surface area contributed by atoms with E-state index in [2.05, 4.69) is 26.6 Å². The van der Waals surface area contributed by atoms with Gasteiger partial charge in [-0.25, -0.2) is 4.79 Å². The molecule has 0 saturated carbocycles. The second-order valence-corrected chi connectivity index (χ2v) is 6.75. The van der Waals surface area contributed by atoms with Crippen molar-refractivity contribution in [2.75, 3.05) is 23.8 Å². The molecule has 0 bridgehead atoms. The Labute approximate surface area is 182 Å². The maximum absolute atomic E-state index is 12.6. The highest BCUT2D eigenvalue weighted by Crippen LogP contribution is 2.37. The number of aliphatic carboxylic acids is 1. The Kier molecular flexibility index (Phi) is 8.42. The molecule has 0 fully saturated rings. The van der Waals surface area contributed by atoms with E-state index in [-0.39, 0.29) is 11.6 Å². The molecule has 0 radical (unpaired) electrons. The monoisotopic (exact) mass is 476 g/mol. The molecule has 0 heterocycles. The summed E-state index contributed by atoms with van der Waals surface area (Å²) in [5, 5.41) is 14.0. The molecule has 0 aliphatic rings. The number of nitrogens with one attached hydrogen (secondary N) is 2. The predicted octanol–water partition coefficient (Wildman–Crippen LogP) is 4.08. The first-order valence-corrected chi connectivity index (χ1v) is 9.85. The summed E-state index contributed by atoms with van der Waals surface area (Å²) in [5.74, 6) is -1.61. The van der Waals surface area contributed by atoms with Gasteiger partial charge in [0.1, 0.15) is 11.5 Å². The minimum atomic E-state index is -1.24. The number of amides is 2. The third-order valence-electron chi connectivity index (χ3n) is 3.67. The first-order chi connectivity index (χ1) is 14.3. The lowest BCUT2D eigenvalue weighted by Gasteiger charge is -2.17. The van der Waals surface area contributed by atoms with Crippen LogP contribution in [0.5, 0.6) is 11.5 Å². The third kappa shape index (κ3) is 6.63. The number of carboxylic acid groups (broad SMARTS) is 1. The maximum Gasteiger partial charge on any atom is 0.328 e. The van der Waals surface area contributed by atoms with E-state index in [9.17, 15) is 14.4 Å². The van der Waals surface area contributed by atoms with E-state index in [1.165, 1.54) is 6.07 Å². The maximum atomic E-state index is 12.6. The minimum Gasteiger partial charge on any atom is -0.492 e. The van der Waals surface area contributed by atoms with E-state index in [0.29, 0.717) is 36.0 Å². The number of anilines is 2. The van der Waals surface area contributed by atoms with Gasteiger partial charge in [-0.05, 0) is 38.1 Å². The van der Waals surface area contributed by atoms with E-state index in [0.717, 1.165) is 16.6 Å². The van der Waals surface area contributed by atoms with Crippen LogP contribution in [0.1, 0.15) is 24.2 Å². The van der Waals surface area contributed by atoms with Crippen LogP contribution in [0.3, 0.4) is 0 Å². The first-order valence-electron chi connectivity index (χ1n) is 9.06. The Morgan fingerprint density at radius 3 is 1.97 bits per heavy atom. The zero-order valence-corrected chi connectivity index (χ0v) is 18.0. The molecule has 2 amide bonds. The van der Waals surface area contributed by atoms with Crippen molar-refractivity contribution in [2.24, 2.45) is 0 Å². The van der Waals surface area contributed by atoms with Crippen molar-refractivity contribution in [3.63, 3.8) is 0 Å². The van der Waals surface area contributed by atoms with Gasteiger partial charge in [-0.1, -0.05) is 15.9 Å². The van der Waals surface area contributed by atoms with Crippen LogP contribution in [0.25, 0.3) is 0 Å². The summed E-state index contributed by atoms with van der Waals surface area (Å²) in [5.41, 5.74) is 1.10. The SMILES string of the molecule is CCOc1cc(NC(=O)c2ccc(Br)cc2)c(OCC)cc1NC(=O)/C=C/C(=O)O. The molecule has 0 atom stereocenters. The number of carbonyl (C=O) groups excluding carboxylic acids is 2. The van der Waals surface area contributed by atoms with Crippen molar-refractivity contribution in [3.05, 3.63) is 58.6 Å². The minimum absolute atomic E-state index is 0.280. The van der Waals surface area contributed by atoms with Gasteiger partial charge in [0, 0.05) is 34.3 Å². The molecule has 9 heteroatoms. The van der Waals surface area contributed by atoms with Crippen LogP contribution < -0.4 is 20.1 Å². The fourth-order valence-corrected chi connectivity index (χ4v) is 2.69. The summed E-state index contributed by atoms with van der Waals surface area (Å²) in [6.07, 6.45) is 1.62. The highest BCUT2D eigenvalue weighted by molar-refractivity contribution is 9.10. The summed E-state index contributed by atoms with van der Waals surface area (Å²) in [6.45, 7) is 4.18. The van der Waals surface area contributed by atoms with Gasteiger partial charge in [-0.15, -0.1) is 0 Å². The highest BCUT2D eigenvalue weighted by atomic mass is 79.9. The Balaban J connectivity index is 2.36. The number of carboxylic acids is 1. The van der Waals surface area contributed by atoms with E-state index in [4.69, 9.17) is 14.6 Å². The standard InChI is InChI=1S/C21H21BrN2O6/c1-3-29-17-12-16(24-21(28)13-5-7-14(22)8-6-13)18(30-4-2)11-15(17)23-19(25)9-10-20(26)27/h5-12H,3-4H2,1-2H3,(H,23,25)(H,24,28)(H,26,27)/b10-9+. The Morgan fingerprint density at radius 1 is 0.933 bits per heavy atom. The van der Waals surface area contributed by atoms with Crippen LogP contribution in [0.4, 0.5) is 11.4 Å². The molecule has 2 rings (SSSR count). The van der Waals surface area contributed by atoms with E-state index < -0.39 is 11.9 Å². The highest BCUT2D eigenvalue weighted by Gasteiger charge is 2.16. The topological polar surface area (TPSA) is 114 Å². The van der Waals surface area contributed by atoms with Gasteiger partial charge in [-0.2, -0.15) is 0 Å². The van der Waals surface area contributed by atoms with E-state index >= 15 is 0 Å². The van der Waals surface area contributed by atoms with Crippen molar-refractivity contribution in [1.29, 1.82) is 0 Å². The predicted molar refractivity (Wildman–Crippen MR) is 116 cm³/mol. The Morgan fingerprint density at radius 2 is 1.47 bits per heavy atom. The van der Waals surface area contributed by atoms with Crippen molar-refractivity contribution in [1.82, 2.24) is 0 Å². The normalized spacial score (nSPS) is 10.5. The third-order valence-corrected chi connectivity index (χ3v) is 4.20. The Hall–Kier alpha value is -3.33. The van der Waals surface area contributed by atoms with Crippen LogP contribution in [0.2, 0.25) is 0 Å². The fourth-order valence-electron chi connectivity index (χ4n) is 2.42. The average Bonchev–Trinajstić information content (AvgIpc) is 2.70. The molecule has 2 aromatic carbocycles. The summed E-state index contributed by atoms with van der Waals surface area (Å²) in [4.78, 5) is 35.2. The van der Waals surface area contributed by atoms with Gasteiger partial charge in [0.15, 0.2) is 0 Å². The fraction of sp³-hybridized carbons (Fsp3) is 0.190. The lowest BCUT2D eigenvalue weighted by molar-refractivity contribution is -0.131. The van der Waals surface area contributed by atoms with Crippen molar-refractivity contribution >= 4 is 45.1 Å². The largest absolute Gasteiger partial charge is 0.492 e.